The number of aromatic nitrogens is 1. The van der Waals surface area contributed by atoms with E-state index in [9.17, 15) is 13.6 Å². The predicted octanol–water partition coefficient (Wildman–Crippen LogP) is 2.61. The zero-order valence-corrected chi connectivity index (χ0v) is 8.65. The lowest BCUT2D eigenvalue weighted by Gasteiger charge is -2.04. The highest BCUT2D eigenvalue weighted by atomic mass is 19.1. The summed E-state index contributed by atoms with van der Waals surface area (Å²) in [6.45, 7) is 0. The molecule has 0 aliphatic rings. The first-order valence-corrected chi connectivity index (χ1v) is 4.85. The van der Waals surface area contributed by atoms with Crippen LogP contribution in [-0.4, -0.2) is 10.9 Å². The van der Waals surface area contributed by atoms with Crippen molar-refractivity contribution in [2.75, 3.05) is 5.32 Å². The van der Waals surface area contributed by atoms with Gasteiger partial charge in [-0.2, -0.15) is 4.39 Å². The second kappa shape index (κ2) is 4.69. The van der Waals surface area contributed by atoms with E-state index < -0.39 is 17.7 Å². The first-order valence-electron chi connectivity index (χ1n) is 4.85. The molecule has 0 bridgehead atoms. The molecule has 0 radical (unpaired) electrons. The number of hydrogen-bond acceptors (Lipinski definition) is 2. The molecule has 1 N–H and O–H groups in total. The predicted molar refractivity (Wildman–Crippen MR) is 58.5 cm³/mol. The monoisotopic (exact) mass is 234 g/mol. The zero-order valence-electron chi connectivity index (χ0n) is 8.65. The minimum atomic E-state index is -0.712. The minimum Gasteiger partial charge on any atom is -0.306 e. The van der Waals surface area contributed by atoms with E-state index in [1.165, 1.54) is 36.4 Å². The highest BCUT2D eigenvalue weighted by molar-refractivity contribution is 6.03. The van der Waals surface area contributed by atoms with Gasteiger partial charge in [-0.15, -0.1) is 0 Å². The fourth-order valence-electron chi connectivity index (χ4n) is 1.31. The quantitative estimate of drug-likeness (QED) is 0.811. The molecule has 86 valence electrons. The highest BCUT2D eigenvalue weighted by Crippen LogP contribution is 2.10. The standard InChI is InChI=1S/C12H8F2N2O/c13-9-5-2-1-4-8(9)12(17)16-11-7-3-6-10(14)15-11/h1-7H,(H,15,16,17). The molecule has 0 saturated carbocycles. The van der Waals surface area contributed by atoms with Gasteiger partial charge >= 0.3 is 0 Å². The molecule has 0 aliphatic carbocycles. The van der Waals surface area contributed by atoms with Crippen LogP contribution < -0.4 is 5.32 Å². The fourth-order valence-corrected chi connectivity index (χ4v) is 1.31. The van der Waals surface area contributed by atoms with Crippen molar-refractivity contribution in [3.05, 3.63) is 59.8 Å². The number of carbonyl (C=O) groups excluding carboxylic acids is 1. The molecule has 2 rings (SSSR count). The number of rotatable bonds is 2. The smallest absolute Gasteiger partial charge is 0.259 e. The maximum absolute atomic E-state index is 13.3. The van der Waals surface area contributed by atoms with Crippen molar-refractivity contribution in [2.24, 2.45) is 0 Å². The third-order valence-corrected chi connectivity index (χ3v) is 2.08. The second-order valence-electron chi connectivity index (χ2n) is 3.28. The summed E-state index contributed by atoms with van der Waals surface area (Å²) < 4.78 is 26.0. The lowest BCUT2D eigenvalue weighted by Crippen LogP contribution is -2.14. The normalized spacial score (nSPS) is 10.0. The van der Waals surface area contributed by atoms with E-state index >= 15 is 0 Å². The third kappa shape index (κ3) is 2.63. The lowest BCUT2D eigenvalue weighted by atomic mass is 10.2. The SMILES string of the molecule is O=C(Nc1cccc(F)n1)c1ccccc1F. The molecular formula is C12H8F2N2O. The molecule has 5 heteroatoms. The number of hydrogen-bond donors (Lipinski definition) is 1. The number of halogens is 2. The van der Waals surface area contributed by atoms with E-state index in [2.05, 4.69) is 10.3 Å². The Bertz CT molecular complexity index is 558. The number of benzene rings is 1. The van der Waals surface area contributed by atoms with Crippen molar-refractivity contribution < 1.29 is 13.6 Å². The summed E-state index contributed by atoms with van der Waals surface area (Å²) in [6.07, 6.45) is 0. The summed E-state index contributed by atoms with van der Waals surface area (Å²) in [6, 6.07) is 9.50. The zero-order chi connectivity index (χ0) is 12.3. The second-order valence-corrected chi connectivity index (χ2v) is 3.28. The minimum absolute atomic E-state index is 0.0400. The molecular weight excluding hydrogens is 226 g/mol. The Hall–Kier alpha value is -2.30. The summed E-state index contributed by atoms with van der Waals surface area (Å²) in [4.78, 5) is 15.1. The van der Waals surface area contributed by atoms with Crippen molar-refractivity contribution >= 4 is 11.7 Å². The molecule has 0 unspecified atom stereocenters. The molecule has 2 aromatic rings. The average molecular weight is 234 g/mol. The average Bonchev–Trinajstić information content (AvgIpc) is 2.29. The van der Waals surface area contributed by atoms with E-state index in [4.69, 9.17) is 0 Å². The van der Waals surface area contributed by atoms with E-state index in [1.54, 1.807) is 0 Å². The first kappa shape index (κ1) is 11.2. The van der Waals surface area contributed by atoms with Crippen LogP contribution in [0.1, 0.15) is 10.4 Å². The number of pyridine rings is 1. The van der Waals surface area contributed by atoms with Crippen molar-refractivity contribution in [2.45, 2.75) is 0 Å². The molecule has 0 saturated heterocycles. The number of amides is 1. The third-order valence-electron chi connectivity index (χ3n) is 2.08. The summed E-state index contributed by atoms with van der Waals surface area (Å²) >= 11 is 0. The van der Waals surface area contributed by atoms with Crippen LogP contribution in [0.5, 0.6) is 0 Å². The van der Waals surface area contributed by atoms with Crippen LogP contribution in [0.15, 0.2) is 42.5 Å². The molecule has 1 amide bonds. The van der Waals surface area contributed by atoms with E-state index in [0.717, 1.165) is 6.07 Å². The fraction of sp³-hybridized carbons (Fsp3) is 0. The Balaban J connectivity index is 2.20. The molecule has 0 aliphatic heterocycles. The number of carbonyl (C=O) groups is 1. The van der Waals surface area contributed by atoms with Gasteiger partial charge in [-0.05, 0) is 24.3 Å². The topological polar surface area (TPSA) is 42.0 Å². The van der Waals surface area contributed by atoms with Crippen LogP contribution in [0.25, 0.3) is 0 Å². The summed E-state index contributed by atoms with van der Waals surface area (Å²) in [7, 11) is 0. The van der Waals surface area contributed by atoms with Crippen LogP contribution in [0.2, 0.25) is 0 Å². The Morgan fingerprint density at radius 2 is 1.82 bits per heavy atom. The van der Waals surface area contributed by atoms with Gasteiger partial charge in [-0.25, -0.2) is 9.37 Å². The van der Waals surface area contributed by atoms with Crippen molar-refractivity contribution in [3.63, 3.8) is 0 Å². The van der Waals surface area contributed by atoms with Gasteiger partial charge in [0.1, 0.15) is 11.6 Å². The van der Waals surface area contributed by atoms with Gasteiger partial charge in [0.2, 0.25) is 5.95 Å². The van der Waals surface area contributed by atoms with Crippen molar-refractivity contribution in [1.29, 1.82) is 0 Å². The summed E-state index contributed by atoms with van der Waals surface area (Å²) in [5.74, 6) is -1.97. The molecule has 0 fully saturated rings. The van der Waals surface area contributed by atoms with Gasteiger partial charge in [-0.3, -0.25) is 4.79 Å². The van der Waals surface area contributed by atoms with E-state index in [-0.39, 0.29) is 11.4 Å². The maximum Gasteiger partial charge on any atom is 0.259 e. The maximum atomic E-state index is 13.3. The molecule has 1 heterocycles. The molecule has 0 spiro atoms. The van der Waals surface area contributed by atoms with Gasteiger partial charge in [0.05, 0.1) is 5.56 Å². The largest absolute Gasteiger partial charge is 0.306 e. The molecule has 1 aromatic carbocycles. The van der Waals surface area contributed by atoms with E-state index in [1.807, 2.05) is 0 Å². The number of nitrogens with one attached hydrogen (secondary N) is 1. The lowest BCUT2D eigenvalue weighted by molar-refractivity contribution is 0.102. The van der Waals surface area contributed by atoms with Gasteiger partial charge < -0.3 is 5.32 Å². The first-order chi connectivity index (χ1) is 8.16. The Labute approximate surface area is 96.1 Å². The van der Waals surface area contributed by atoms with Crippen LogP contribution in [0.4, 0.5) is 14.6 Å². The van der Waals surface area contributed by atoms with Crippen molar-refractivity contribution in [3.8, 4) is 0 Å². The Morgan fingerprint density at radius 3 is 2.53 bits per heavy atom. The van der Waals surface area contributed by atoms with Gasteiger partial charge in [0.25, 0.3) is 5.91 Å². The van der Waals surface area contributed by atoms with Crippen LogP contribution in [-0.2, 0) is 0 Å². The Morgan fingerprint density at radius 1 is 1.06 bits per heavy atom. The summed E-state index contributed by atoms with van der Waals surface area (Å²) in [5, 5.41) is 2.31. The summed E-state index contributed by atoms with van der Waals surface area (Å²) in [5.41, 5.74) is -0.112. The molecule has 1 aromatic heterocycles. The van der Waals surface area contributed by atoms with Crippen LogP contribution >= 0.6 is 0 Å². The molecule has 0 atom stereocenters. The van der Waals surface area contributed by atoms with Crippen LogP contribution in [0.3, 0.4) is 0 Å². The number of nitrogens with zero attached hydrogens (tertiary/aromatic N) is 1. The molecule has 17 heavy (non-hydrogen) atoms. The van der Waals surface area contributed by atoms with Gasteiger partial charge in [0.15, 0.2) is 0 Å². The van der Waals surface area contributed by atoms with E-state index in [0.29, 0.717) is 0 Å². The number of anilines is 1. The molecule has 3 nitrogen and oxygen atoms in total. The Kier molecular flexibility index (Phi) is 3.09. The van der Waals surface area contributed by atoms with Crippen molar-refractivity contribution in [1.82, 2.24) is 4.98 Å². The van der Waals surface area contributed by atoms with Crippen LogP contribution in [0, 0.1) is 11.8 Å². The highest BCUT2D eigenvalue weighted by Gasteiger charge is 2.11. The van der Waals surface area contributed by atoms with Gasteiger partial charge in [0, 0.05) is 0 Å². The van der Waals surface area contributed by atoms with Gasteiger partial charge in [-0.1, -0.05) is 18.2 Å².